The average molecular weight is 534 g/mol. The molecule has 5 heteroatoms. The molecule has 1 fully saturated rings. The molecular formula is C26H35IN2O2. The molecule has 0 spiro atoms. The van der Waals surface area contributed by atoms with E-state index in [0.29, 0.717) is 19.3 Å². The Hall–Kier alpha value is -1.47. The summed E-state index contributed by atoms with van der Waals surface area (Å²) < 4.78 is 12.8. The summed E-state index contributed by atoms with van der Waals surface area (Å²) in [6.07, 6.45) is 7.61. The van der Waals surface area contributed by atoms with Gasteiger partial charge in [0.1, 0.15) is 13.2 Å². The summed E-state index contributed by atoms with van der Waals surface area (Å²) in [7, 11) is 4.84. The number of ether oxygens (including phenoxy) is 2. The summed E-state index contributed by atoms with van der Waals surface area (Å²) in [6, 6.07) is 16.8. The van der Waals surface area contributed by atoms with E-state index >= 15 is 0 Å². The highest BCUT2D eigenvalue weighted by Gasteiger charge is 2.33. The average Bonchev–Trinajstić information content (AvgIpc) is 3.18. The summed E-state index contributed by atoms with van der Waals surface area (Å²) in [4.78, 5) is 2.66. The third kappa shape index (κ3) is 4.82. The van der Waals surface area contributed by atoms with Crippen molar-refractivity contribution in [2.45, 2.75) is 50.6 Å². The second-order valence-corrected chi connectivity index (χ2v) is 9.79. The van der Waals surface area contributed by atoms with Gasteiger partial charge in [0.15, 0.2) is 11.5 Å². The molecule has 2 aromatic rings. The van der Waals surface area contributed by atoms with Crippen molar-refractivity contribution in [2.24, 2.45) is 0 Å². The molecule has 0 bridgehead atoms. The first-order chi connectivity index (χ1) is 14.6. The molecule has 31 heavy (non-hydrogen) atoms. The van der Waals surface area contributed by atoms with Crippen LogP contribution in [0.1, 0.15) is 36.8 Å². The smallest absolute Gasteiger partial charge is 0.163 e. The lowest BCUT2D eigenvalue weighted by Gasteiger charge is -2.43. The molecule has 0 radical (unpaired) electrons. The van der Waals surface area contributed by atoms with Gasteiger partial charge in [-0.05, 0) is 55.4 Å². The van der Waals surface area contributed by atoms with Gasteiger partial charge in [0.05, 0.1) is 26.7 Å². The van der Waals surface area contributed by atoms with E-state index in [0.717, 1.165) is 36.9 Å². The number of quaternary nitrogens is 1. The van der Waals surface area contributed by atoms with E-state index in [2.05, 4.69) is 61.5 Å². The molecule has 0 amide bonds. The van der Waals surface area contributed by atoms with Crippen molar-refractivity contribution in [3.8, 4) is 11.5 Å². The number of hydrogen-bond donors (Lipinski definition) is 0. The quantitative estimate of drug-likeness (QED) is 0.429. The van der Waals surface area contributed by atoms with Crippen LogP contribution in [0.5, 0.6) is 11.5 Å². The number of anilines is 1. The number of nitrogens with zero attached hydrogens (tertiary/aromatic N) is 2. The third-order valence-electron chi connectivity index (χ3n) is 7.54. The Morgan fingerprint density at radius 3 is 2.35 bits per heavy atom. The zero-order valence-electron chi connectivity index (χ0n) is 18.9. The topological polar surface area (TPSA) is 21.7 Å². The predicted molar refractivity (Wildman–Crippen MR) is 122 cm³/mol. The molecule has 168 valence electrons. The van der Waals surface area contributed by atoms with Crippen molar-refractivity contribution >= 4 is 5.69 Å². The number of likely N-dealkylation sites (tertiary alicyclic amines) is 1. The maximum absolute atomic E-state index is 5.91. The number of fused-ring (bicyclic) bond motifs is 2. The monoisotopic (exact) mass is 534 g/mol. The minimum atomic E-state index is 0. The molecule has 3 aliphatic rings. The molecule has 5 rings (SSSR count). The van der Waals surface area contributed by atoms with Gasteiger partial charge in [-0.3, -0.25) is 0 Å². The summed E-state index contributed by atoms with van der Waals surface area (Å²) >= 11 is 0. The van der Waals surface area contributed by atoms with Crippen LogP contribution in [-0.4, -0.2) is 57.0 Å². The van der Waals surface area contributed by atoms with Gasteiger partial charge in [-0.2, -0.15) is 0 Å². The molecule has 2 heterocycles. The molecule has 4 nitrogen and oxygen atoms in total. The van der Waals surface area contributed by atoms with Crippen LogP contribution in [0.15, 0.2) is 42.5 Å². The summed E-state index contributed by atoms with van der Waals surface area (Å²) in [5.74, 6) is 1.78. The van der Waals surface area contributed by atoms with Crippen molar-refractivity contribution < 1.29 is 37.9 Å². The predicted octanol–water partition coefficient (Wildman–Crippen LogP) is 1.45. The highest BCUT2D eigenvalue weighted by atomic mass is 127. The van der Waals surface area contributed by atoms with E-state index in [1.165, 1.54) is 53.5 Å². The van der Waals surface area contributed by atoms with Crippen molar-refractivity contribution in [3.05, 3.63) is 53.6 Å². The minimum absolute atomic E-state index is 0. The Labute approximate surface area is 204 Å². The Bertz CT molecular complexity index is 876. The Morgan fingerprint density at radius 1 is 0.935 bits per heavy atom. The molecule has 1 unspecified atom stereocenters. The zero-order chi connectivity index (χ0) is 20.6. The molecule has 2 aliphatic heterocycles. The summed E-state index contributed by atoms with van der Waals surface area (Å²) in [5, 5.41) is 0. The van der Waals surface area contributed by atoms with Crippen LogP contribution in [0.4, 0.5) is 5.69 Å². The second-order valence-electron chi connectivity index (χ2n) is 9.79. The van der Waals surface area contributed by atoms with E-state index in [4.69, 9.17) is 9.47 Å². The van der Waals surface area contributed by atoms with Crippen molar-refractivity contribution in [3.63, 3.8) is 0 Å². The lowest BCUT2D eigenvalue weighted by Crippen LogP contribution is -3.00. The van der Waals surface area contributed by atoms with E-state index < -0.39 is 0 Å². The molecule has 1 atom stereocenters. The third-order valence-corrected chi connectivity index (χ3v) is 7.54. The van der Waals surface area contributed by atoms with Crippen LogP contribution in [0.25, 0.3) is 0 Å². The van der Waals surface area contributed by atoms with Gasteiger partial charge in [-0.1, -0.05) is 24.3 Å². The zero-order valence-corrected chi connectivity index (χ0v) is 21.0. The maximum atomic E-state index is 5.91. The fraction of sp³-hybridized carbons (Fsp3) is 0.538. The molecule has 1 aliphatic carbocycles. The van der Waals surface area contributed by atoms with Crippen LogP contribution >= 0.6 is 0 Å². The van der Waals surface area contributed by atoms with Crippen LogP contribution in [0.2, 0.25) is 0 Å². The molecule has 0 saturated carbocycles. The fourth-order valence-electron chi connectivity index (χ4n) is 5.70. The first-order valence-corrected chi connectivity index (χ1v) is 11.7. The van der Waals surface area contributed by atoms with E-state index in [1.807, 2.05) is 0 Å². The van der Waals surface area contributed by atoms with Crippen molar-refractivity contribution in [2.75, 3.05) is 45.3 Å². The van der Waals surface area contributed by atoms with Gasteiger partial charge < -0.3 is 42.8 Å². The van der Waals surface area contributed by atoms with Gasteiger partial charge in [-0.25, -0.2) is 0 Å². The van der Waals surface area contributed by atoms with Crippen LogP contribution < -0.4 is 38.4 Å². The number of hydrogen-bond acceptors (Lipinski definition) is 3. The molecule has 0 aromatic heterocycles. The van der Waals surface area contributed by atoms with Gasteiger partial charge in [0.2, 0.25) is 0 Å². The SMILES string of the molecule is C[N+]1(C)CCCCC1CCN(c1ccc2c(c1)OCCO2)C1Cc2ccccc2C1.[I-]. The molecule has 2 aromatic carbocycles. The van der Waals surface area contributed by atoms with Crippen LogP contribution in [0.3, 0.4) is 0 Å². The van der Waals surface area contributed by atoms with Crippen LogP contribution in [0, 0.1) is 0 Å². The van der Waals surface area contributed by atoms with Gasteiger partial charge in [0, 0.05) is 30.8 Å². The first-order valence-electron chi connectivity index (χ1n) is 11.7. The highest BCUT2D eigenvalue weighted by Crippen LogP contribution is 2.37. The standard InChI is InChI=1S/C26H35N2O2.HI/c1-28(2)14-6-5-9-24(28)12-13-27(23-17-20-7-3-4-8-21(20)18-23)22-10-11-25-26(19-22)30-16-15-29-25;/h3-4,7-8,10-11,19,23-24H,5-6,9,12-18H2,1-2H3;1H/q+1;/p-1. The number of rotatable bonds is 5. The van der Waals surface area contributed by atoms with Crippen LogP contribution in [-0.2, 0) is 12.8 Å². The number of benzene rings is 2. The normalized spacial score (nSPS) is 21.8. The maximum Gasteiger partial charge on any atom is 0.163 e. The van der Waals surface area contributed by atoms with E-state index in [9.17, 15) is 0 Å². The van der Waals surface area contributed by atoms with Gasteiger partial charge in [-0.15, -0.1) is 0 Å². The first kappa shape index (κ1) is 22.7. The largest absolute Gasteiger partial charge is 1.00 e. The van der Waals surface area contributed by atoms with Gasteiger partial charge in [0.25, 0.3) is 0 Å². The Morgan fingerprint density at radius 2 is 1.65 bits per heavy atom. The van der Waals surface area contributed by atoms with Gasteiger partial charge >= 0.3 is 0 Å². The lowest BCUT2D eigenvalue weighted by molar-refractivity contribution is -0.920. The minimum Gasteiger partial charge on any atom is -1.00 e. The lowest BCUT2D eigenvalue weighted by atomic mass is 9.96. The summed E-state index contributed by atoms with van der Waals surface area (Å²) in [6.45, 7) is 3.69. The fourth-order valence-corrected chi connectivity index (χ4v) is 5.70. The molecular weight excluding hydrogens is 499 g/mol. The second kappa shape index (κ2) is 9.57. The van der Waals surface area contributed by atoms with Crippen molar-refractivity contribution in [1.82, 2.24) is 0 Å². The van der Waals surface area contributed by atoms with E-state index in [-0.39, 0.29) is 24.0 Å². The highest BCUT2D eigenvalue weighted by molar-refractivity contribution is 5.58. The molecule has 1 saturated heterocycles. The summed E-state index contributed by atoms with van der Waals surface area (Å²) in [5.41, 5.74) is 4.30. The number of piperidine rings is 1. The van der Waals surface area contributed by atoms with E-state index in [1.54, 1.807) is 0 Å². The molecule has 0 N–H and O–H groups in total. The Kier molecular flexibility index (Phi) is 7.01. The Balaban J connectivity index is 0.00000231. The van der Waals surface area contributed by atoms with Crippen molar-refractivity contribution in [1.29, 1.82) is 0 Å². The number of halogens is 1.